The van der Waals surface area contributed by atoms with Crippen molar-refractivity contribution in [3.05, 3.63) is 29.8 Å². The molecule has 88 valence electrons. The number of amidine groups is 1. The van der Waals surface area contributed by atoms with Crippen LogP contribution in [0.25, 0.3) is 0 Å². The van der Waals surface area contributed by atoms with Crippen molar-refractivity contribution in [1.29, 1.82) is 5.41 Å². The maximum absolute atomic E-state index is 7.53. The summed E-state index contributed by atoms with van der Waals surface area (Å²) in [4.78, 5) is 2.15. The number of nitrogens with zero attached hydrogens (tertiary/aromatic N) is 1. The highest BCUT2D eigenvalue weighted by atomic mass is 32.2. The average molecular weight is 237 g/mol. The highest BCUT2D eigenvalue weighted by Gasteiger charge is 2.08. The van der Waals surface area contributed by atoms with Crippen molar-refractivity contribution >= 4 is 23.3 Å². The number of thioether (sulfide) groups is 1. The fourth-order valence-electron chi connectivity index (χ4n) is 1.50. The first-order chi connectivity index (χ1) is 7.66. The third kappa shape index (κ3) is 3.45. The number of hydrogen-bond donors (Lipinski definition) is 2. The molecule has 1 rings (SSSR count). The van der Waals surface area contributed by atoms with E-state index in [1.54, 1.807) is 0 Å². The second-order valence-electron chi connectivity index (χ2n) is 3.55. The van der Waals surface area contributed by atoms with Crippen LogP contribution in [0, 0.1) is 5.41 Å². The Morgan fingerprint density at radius 3 is 2.75 bits per heavy atom. The molecule has 0 aliphatic rings. The zero-order valence-corrected chi connectivity index (χ0v) is 10.7. The molecule has 0 saturated carbocycles. The molecular formula is C12H19N3S. The SMILES string of the molecule is CCSCCN(C)c1ccccc1C(=N)N. The second-order valence-corrected chi connectivity index (χ2v) is 4.94. The normalized spacial score (nSPS) is 10.1. The van der Waals surface area contributed by atoms with Gasteiger partial charge < -0.3 is 10.6 Å². The van der Waals surface area contributed by atoms with Crippen molar-refractivity contribution in [1.82, 2.24) is 0 Å². The molecular weight excluding hydrogens is 218 g/mol. The minimum Gasteiger partial charge on any atom is -0.384 e. The van der Waals surface area contributed by atoms with E-state index < -0.39 is 0 Å². The number of nitrogen functional groups attached to an aromatic ring is 1. The first-order valence-corrected chi connectivity index (χ1v) is 6.54. The van der Waals surface area contributed by atoms with Crippen molar-refractivity contribution in [2.75, 3.05) is 30.0 Å². The summed E-state index contributed by atoms with van der Waals surface area (Å²) in [7, 11) is 2.04. The molecule has 1 aromatic carbocycles. The van der Waals surface area contributed by atoms with E-state index in [0.29, 0.717) is 0 Å². The molecule has 0 spiro atoms. The maximum atomic E-state index is 7.53. The molecule has 0 heterocycles. The van der Waals surface area contributed by atoms with Gasteiger partial charge >= 0.3 is 0 Å². The molecule has 0 bridgehead atoms. The van der Waals surface area contributed by atoms with E-state index in [1.807, 2.05) is 43.1 Å². The Bertz CT molecular complexity index is 352. The third-order valence-corrected chi connectivity index (χ3v) is 3.26. The third-order valence-electron chi connectivity index (χ3n) is 2.38. The lowest BCUT2D eigenvalue weighted by Gasteiger charge is -2.21. The molecule has 0 fully saturated rings. The first kappa shape index (κ1) is 12.9. The molecule has 0 saturated heterocycles. The first-order valence-electron chi connectivity index (χ1n) is 5.39. The van der Waals surface area contributed by atoms with E-state index in [1.165, 1.54) is 0 Å². The van der Waals surface area contributed by atoms with Crippen LogP contribution in [0.1, 0.15) is 12.5 Å². The predicted molar refractivity (Wildman–Crippen MR) is 73.7 cm³/mol. The van der Waals surface area contributed by atoms with E-state index in [-0.39, 0.29) is 5.84 Å². The molecule has 0 aromatic heterocycles. The molecule has 1 aromatic rings. The van der Waals surface area contributed by atoms with Crippen molar-refractivity contribution in [2.45, 2.75) is 6.92 Å². The van der Waals surface area contributed by atoms with E-state index in [9.17, 15) is 0 Å². The molecule has 0 amide bonds. The number of hydrogen-bond acceptors (Lipinski definition) is 3. The Hall–Kier alpha value is -1.16. The van der Waals surface area contributed by atoms with Gasteiger partial charge in [0, 0.05) is 30.6 Å². The minimum atomic E-state index is 0.130. The van der Waals surface area contributed by atoms with Crippen LogP contribution in [-0.4, -0.2) is 30.9 Å². The molecule has 0 aliphatic heterocycles. The van der Waals surface area contributed by atoms with Gasteiger partial charge in [-0.1, -0.05) is 19.1 Å². The van der Waals surface area contributed by atoms with Crippen LogP contribution in [0.5, 0.6) is 0 Å². The summed E-state index contributed by atoms with van der Waals surface area (Å²) in [6, 6.07) is 7.79. The smallest absolute Gasteiger partial charge is 0.124 e. The standard InChI is InChI=1S/C12H19N3S/c1-3-16-9-8-15(2)11-7-5-4-6-10(11)12(13)14/h4-7H,3,8-9H2,1-2H3,(H3,13,14). The quantitative estimate of drug-likeness (QED) is 0.453. The van der Waals surface area contributed by atoms with Gasteiger partial charge in [0.1, 0.15) is 5.84 Å². The van der Waals surface area contributed by atoms with Gasteiger partial charge in [-0.3, -0.25) is 5.41 Å². The average Bonchev–Trinajstić information content (AvgIpc) is 2.29. The number of nitrogens with two attached hydrogens (primary N) is 1. The largest absolute Gasteiger partial charge is 0.384 e. The van der Waals surface area contributed by atoms with Crippen LogP contribution < -0.4 is 10.6 Å². The van der Waals surface area contributed by atoms with Crippen molar-refractivity contribution in [2.24, 2.45) is 5.73 Å². The van der Waals surface area contributed by atoms with Crippen LogP contribution in [0.2, 0.25) is 0 Å². The van der Waals surface area contributed by atoms with Crippen LogP contribution >= 0.6 is 11.8 Å². The molecule has 0 aliphatic carbocycles. The van der Waals surface area contributed by atoms with E-state index in [4.69, 9.17) is 11.1 Å². The summed E-state index contributed by atoms with van der Waals surface area (Å²) in [6.45, 7) is 3.14. The molecule has 16 heavy (non-hydrogen) atoms. The lowest BCUT2D eigenvalue weighted by molar-refractivity contribution is 0.975. The van der Waals surface area contributed by atoms with Gasteiger partial charge in [0.05, 0.1) is 0 Å². The fraction of sp³-hybridized carbons (Fsp3) is 0.417. The summed E-state index contributed by atoms with van der Waals surface area (Å²) in [5.41, 5.74) is 7.40. The topological polar surface area (TPSA) is 53.1 Å². The molecule has 3 N–H and O–H groups in total. The monoisotopic (exact) mass is 237 g/mol. The summed E-state index contributed by atoms with van der Waals surface area (Å²) in [5.74, 6) is 2.37. The van der Waals surface area contributed by atoms with Gasteiger partial charge in [0.25, 0.3) is 0 Å². The van der Waals surface area contributed by atoms with Gasteiger partial charge in [0.15, 0.2) is 0 Å². The van der Waals surface area contributed by atoms with Crippen LogP contribution in [0.15, 0.2) is 24.3 Å². The predicted octanol–water partition coefficient (Wildman–Crippen LogP) is 2.16. The van der Waals surface area contributed by atoms with Gasteiger partial charge in [0.2, 0.25) is 0 Å². The van der Waals surface area contributed by atoms with Crippen molar-refractivity contribution in [3.63, 3.8) is 0 Å². The number of benzene rings is 1. The molecule has 0 atom stereocenters. The highest BCUT2D eigenvalue weighted by molar-refractivity contribution is 7.99. The summed E-state index contributed by atoms with van der Waals surface area (Å²) < 4.78 is 0. The summed E-state index contributed by atoms with van der Waals surface area (Å²) in [5, 5.41) is 7.53. The van der Waals surface area contributed by atoms with E-state index >= 15 is 0 Å². The number of rotatable bonds is 6. The highest BCUT2D eigenvalue weighted by Crippen LogP contribution is 2.18. The molecule has 0 radical (unpaired) electrons. The number of nitrogens with one attached hydrogen (secondary N) is 1. The lowest BCUT2D eigenvalue weighted by atomic mass is 10.1. The molecule has 3 nitrogen and oxygen atoms in total. The zero-order chi connectivity index (χ0) is 12.0. The Labute approximate surface area is 102 Å². The Morgan fingerprint density at radius 2 is 2.12 bits per heavy atom. The Balaban J connectivity index is 2.74. The molecule has 4 heteroatoms. The van der Waals surface area contributed by atoms with Crippen molar-refractivity contribution < 1.29 is 0 Å². The zero-order valence-electron chi connectivity index (χ0n) is 9.86. The van der Waals surface area contributed by atoms with Gasteiger partial charge in [-0.25, -0.2) is 0 Å². The van der Waals surface area contributed by atoms with Crippen LogP contribution in [-0.2, 0) is 0 Å². The van der Waals surface area contributed by atoms with E-state index in [2.05, 4.69) is 11.8 Å². The van der Waals surface area contributed by atoms with Crippen LogP contribution in [0.3, 0.4) is 0 Å². The van der Waals surface area contributed by atoms with Crippen LogP contribution in [0.4, 0.5) is 5.69 Å². The van der Waals surface area contributed by atoms with Gasteiger partial charge in [-0.05, 0) is 17.9 Å². The number of para-hydroxylation sites is 1. The molecule has 0 unspecified atom stereocenters. The Kier molecular flexibility index (Phi) is 5.19. The van der Waals surface area contributed by atoms with Gasteiger partial charge in [-0.2, -0.15) is 11.8 Å². The Morgan fingerprint density at radius 1 is 1.44 bits per heavy atom. The summed E-state index contributed by atoms with van der Waals surface area (Å²) in [6.07, 6.45) is 0. The second kappa shape index (κ2) is 6.43. The van der Waals surface area contributed by atoms with E-state index in [0.717, 1.165) is 29.3 Å². The summed E-state index contributed by atoms with van der Waals surface area (Å²) >= 11 is 1.92. The maximum Gasteiger partial charge on any atom is 0.124 e. The lowest BCUT2D eigenvalue weighted by Crippen LogP contribution is -2.24. The fourth-order valence-corrected chi connectivity index (χ4v) is 2.19. The number of anilines is 1. The minimum absolute atomic E-state index is 0.130. The van der Waals surface area contributed by atoms with Gasteiger partial charge in [-0.15, -0.1) is 0 Å². The van der Waals surface area contributed by atoms with Crippen molar-refractivity contribution in [3.8, 4) is 0 Å².